The molecule has 0 amide bonds. The van der Waals surface area contributed by atoms with Gasteiger partial charge >= 0.3 is 0 Å². The van der Waals surface area contributed by atoms with Crippen molar-refractivity contribution in [1.29, 1.82) is 0 Å². The summed E-state index contributed by atoms with van der Waals surface area (Å²) in [4.78, 5) is 13.3. The van der Waals surface area contributed by atoms with E-state index < -0.39 is 10.0 Å². The zero-order chi connectivity index (χ0) is 17.0. The molecule has 1 N–H and O–H groups in total. The van der Waals surface area contributed by atoms with Crippen molar-refractivity contribution in [2.75, 3.05) is 20.6 Å². The monoisotopic (exact) mass is 336 g/mol. The van der Waals surface area contributed by atoms with Crippen LogP contribution in [0.1, 0.15) is 29.1 Å². The fourth-order valence-electron chi connectivity index (χ4n) is 2.17. The molecule has 0 aliphatic heterocycles. The normalized spacial score (nSPS) is 13.2. The van der Waals surface area contributed by atoms with Gasteiger partial charge in [-0.15, -0.1) is 0 Å². The summed E-state index contributed by atoms with van der Waals surface area (Å²) < 4.78 is 32.8. The average Bonchev–Trinajstić information content (AvgIpc) is 3.01. The molecule has 0 saturated heterocycles. The molecule has 0 saturated carbocycles. The molecule has 23 heavy (non-hydrogen) atoms. The molecular weight excluding hydrogens is 316 g/mol. The van der Waals surface area contributed by atoms with Crippen LogP contribution in [0.5, 0.6) is 0 Å². The largest absolute Gasteiger partial charge is 0.468 e. The Morgan fingerprint density at radius 3 is 2.57 bits per heavy atom. The van der Waals surface area contributed by atoms with E-state index in [2.05, 4.69) is 4.72 Å². The molecule has 0 fully saturated rings. The fraction of sp³-hybridized carbons (Fsp3) is 0.312. The highest BCUT2D eigenvalue weighted by atomic mass is 32.2. The van der Waals surface area contributed by atoms with Crippen molar-refractivity contribution in [1.82, 2.24) is 9.62 Å². The van der Waals surface area contributed by atoms with Gasteiger partial charge in [-0.05, 0) is 45.3 Å². The molecule has 1 atom stereocenters. The van der Waals surface area contributed by atoms with Gasteiger partial charge in [-0.2, -0.15) is 0 Å². The van der Waals surface area contributed by atoms with Crippen LogP contribution in [0.15, 0.2) is 52.0 Å². The standard InChI is InChI=1S/C16H20N2O4S/c1-12(19)13-6-4-7-14(10-13)23(20,21)17-11-15(18(2)3)16-8-5-9-22-16/h4-10,15,17H,11H2,1-3H3. The number of rotatable bonds is 7. The van der Waals surface area contributed by atoms with Crippen LogP contribution in [-0.4, -0.2) is 39.7 Å². The van der Waals surface area contributed by atoms with Crippen molar-refractivity contribution in [3.63, 3.8) is 0 Å². The summed E-state index contributed by atoms with van der Waals surface area (Å²) in [5.41, 5.74) is 0.364. The first-order valence-electron chi connectivity index (χ1n) is 7.12. The van der Waals surface area contributed by atoms with Gasteiger partial charge in [-0.25, -0.2) is 13.1 Å². The van der Waals surface area contributed by atoms with Crippen molar-refractivity contribution in [3.8, 4) is 0 Å². The minimum atomic E-state index is -3.71. The van der Waals surface area contributed by atoms with E-state index in [-0.39, 0.29) is 23.3 Å². The second-order valence-corrected chi connectivity index (χ2v) is 7.20. The average molecular weight is 336 g/mol. The Balaban J connectivity index is 2.18. The molecule has 1 unspecified atom stereocenters. The van der Waals surface area contributed by atoms with Gasteiger partial charge < -0.3 is 4.42 Å². The zero-order valence-corrected chi connectivity index (χ0v) is 14.1. The van der Waals surface area contributed by atoms with Gasteiger partial charge in [-0.3, -0.25) is 9.69 Å². The smallest absolute Gasteiger partial charge is 0.240 e. The minimum Gasteiger partial charge on any atom is -0.468 e. The van der Waals surface area contributed by atoms with Crippen LogP contribution in [0.4, 0.5) is 0 Å². The van der Waals surface area contributed by atoms with E-state index in [0.717, 1.165) is 0 Å². The Morgan fingerprint density at radius 1 is 1.26 bits per heavy atom. The maximum absolute atomic E-state index is 12.4. The highest BCUT2D eigenvalue weighted by Crippen LogP contribution is 2.19. The Hall–Kier alpha value is -1.96. The number of ketones is 1. The first kappa shape index (κ1) is 17.4. The van der Waals surface area contributed by atoms with Crippen LogP contribution in [0.2, 0.25) is 0 Å². The molecule has 124 valence electrons. The molecule has 0 bridgehead atoms. The van der Waals surface area contributed by atoms with Crippen LogP contribution in [0.3, 0.4) is 0 Å². The second kappa shape index (κ2) is 7.08. The molecule has 1 heterocycles. The highest BCUT2D eigenvalue weighted by molar-refractivity contribution is 7.89. The first-order chi connectivity index (χ1) is 10.8. The maximum Gasteiger partial charge on any atom is 0.240 e. The van der Waals surface area contributed by atoms with Gasteiger partial charge in [-0.1, -0.05) is 12.1 Å². The third-order valence-corrected chi connectivity index (χ3v) is 4.93. The molecule has 7 heteroatoms. The van der Waals surface area contributed by atoms with Gasteiger partial charge in [0, 0.05) is 12.1 Å². The van der Waals surface area contributed by atoms with Crippen molar-refractivity contribution >= 4 is 15.8 Å². The molecule has 6 nitrogen and oxygen atoms in total. The van der Waals surface area contributed by atoms with E-state index in [1.807, 2.05) is 19.0 Å². The number of carbonyl (C=O) groups is 1. The lowest BCUT2D eigenvalue weighted by Crippen LogP contribution is -2.34. The van der Waals surface area contributed by atoms with E-state index in [4.69, 9.17) is 4.42 Å². The molecule has 1 aromatic carbocycles. The predicted molar refractivity (Wildman–Crippen MR) is 86.8 cm³/mol. The second-order valence-electron chi connectivity index (χ2n) is 5.43. The van der Waals surface area contributed by atoms with Gasteiger partial charge in [0.15, 0.2) is 5.78 Å². The van der Waals surface area contributed by atoms with Crippen molar-refractivity contribution in [2.45, 2.75) is 17.9 Å². The minimum absolute atomic E-state index is 0.0714. The summed E-state index contributed by atoms with van der Waals surface area (Å²) in [6.45, 7) is 1.56. The zero-order valence-electron chi connectivity index (χ0n) is 13.3. The number of Topliss-reactive ketones (excluding diaryl/α,β-unsaturated/α-hetero) is 1. The van der Waals surface area contributed by atoms with Gasteiger partial charge in [0.1, 0.15) is 5.76 Å². The number of nitrogens with one attached hydrogen (secondary N) is 1. The summed E-state index contributed by atoms with van der Waals surface area (Å²) in [7, 11) is -0.0163. The number of hydrogen-bond donors (Lipinski definition) is 1. The molecule has 0 aliphatic carbocycles. The van der Waals surface area contributed by atoms with Crippen LogP contribution < -0.4 is 4.72 Å². The number of hydrogen-bond acceptors (Lipinski definition) is 5. The lowest BCUT2D eigenvalue weighted by atomic mass is 10.2. The Labute approximate surface area is 136 Å². The summed E-state index contributed by atoms with van der Waals surface area (Å²) in [6.07, 6.45) is 1.55. The van der Waals surface area contributed by atoms with E-state index in [1.54, 1.807) is 30.5 Å². The number of furan rings is 1. The quantitative estimate of drug-likeness (QED) is 0.783. The number of nitrogens with zero attached hydrogens (tertiary/aromatic N) is 1. The molecule has 2 aromatic rings. The van der Waals surface area contributed by atoms with Crippen LogP contribution in [0.25, 0.3) is 0 Å². The lowest BCUT2D eigenvalue weighted by Gasteiger charge is -2.22. The molecule has 0 radical (unpaired) electrons. The van der Waals surface area contributed by atoms with Crippen LogP contribution in [0, 0.1) is 0 Å². The molecule has 1 aromatic heterocycles. The van der Waals surface area contributed by atoms with Gasteiger partial charge in [0.2, 0.25) is 10.0 Å². The van der Waals surface area contributed by atoms with E-state index in [1.165, 1.54) is 19.1 Å². The van der Waals surface area contributed by atoms with Gasteiger partial charge in [0.25, 0.3) is 0 Å². The SMILES string of the molecule is CC(=O)c1cccc(S(=O)(=O)NCC(c2ccco2)N(C)C)c1. The van der Waals surface area contributed by atoms with Crippen molar-refractivity contribution in [3.05, 3.63) is 54.0 Å². The summed E-state index contributed by atoms with van der Waals surface area (Å²) in [5, 5.41) is 0. The third-order valence-electron chi connectivity index (χ3n) is 3.51. The first-order valence-corrected chi connectivity index (χ1v) is 8.60. The number of benzene rings is 1. The lowest BCUT2D eigenvalue weighted by molar-refractivity contribution is 0.101. The van der Waals surface area contributed by atoms with Crippen molar-refractivity contribution in [2.24, 2.45) is 0 Å². The van der Waals surface area contributed by atoms with Crippen LogP contribution in [-0.2, 0) is 10.0 Å². The van der Waals surface area contributed by atoms with E-state index in [9.17, 15) is 13.2 Å². The number of likely N-dealkylation sites (N-methyl/N-ethyl adjacent to an activating group) is 1. The molecular formula is C16H20N2O4S. The van der Waals surface area contributed by atoms with E-state index in [0.29, 0.717) is 11.3 Å². The van der Waals surface area contributed by atoms with E-state index >= 15 is 0 Å². The highest BCUT2D eigenvalue weighted by Gasteiger charge is 2.21. The topological polar surface area (TPSA) is 79.6 Å². The Morgan fingerprint density at radius 2 is 2.00 bits per heavy atom. The van der Waals surface area contributed by atoms with Crippen LogP contribution >= 0.6 is 0 Å². The van der Waals surface area contributed by atoms with Gasteiger partial charge in [0.05, 0.1) is 17.2 Å². The molecule has 0 spiro atoms. The maximum atomic E-state index is 12.4. The Kier molecular flexibility index (Phi) is 5.35. The van der Waals surface area contributed by atoms with Crippen molar-refractivity contribution < 1.29 is 17.6 Å². The molecule has 0 aliphatic rings. The summed E-state index contributed by atoms with van der Waals surface area (Å²) in [6, 6.07) is 9.32. The fourth-order valence-corrected chi connectivity index (χ4v) is 3.26. The number of carbonyl (C=O) groups excluding carboxylic acids is 1. The third kappa shape index (κ3) is 4.28. The predicted octanol–water partition coefficient (Wildman–Crippen LogP) is 2.06. The Bertz CT molecular complexity index is 767. The number of sulfonamides is 1. The summed E-state index contributed by atoms with van der Waals surface area (Å²) in [5.74, 6) is 0.499. The molecule has 2 rings (SSSR count). The summed E-state index contributed by atoms with van der Waals surface area (Å²) >= 11 is 0.